The lowest BCUT2D eigenvalue weighted by Gasteiger charge is -2.62. The van der Waals surface area contributed by atoms with Crippen molar-refractivity contribution in [3.63, 3.8) is 0 Å². The number of hydrogen-bond donors (Lipinski definition) is 2. The molecule has 0 heterocycles. The van der Waals surface area contributed by atoms with E-state index in [0.29, 0.717) is 64.5 Å². The highest BCUT2D eigenvalue weighted by Crippen LogP contribution is 2.70. The predicted octanol–water partition coefficient (Wildman–Crippen LogP) is 14.5. The minimum absolute atomic E-state index is 0.147. The Hall–Kier alpha value is -1.00. The molecule has 0 bridgehead atoms. The van der Waals surface area contributed by atoms with E-state index < -0.39 is 0 Å². The van der Waals surface area contributed by atoms with Gasteiger partial charge in [0.2, 0.25) is 0 Å². The molecule has 8 aliphatic carbocycles. The highest BCUT2D eigenvalue weighted by Gasteiger charge is 2.64. The number of aliphatic hydroxyl groups is 2. The largest absolute Gasteiger partial charge is 0.393 e. The van der Waals surface area contributed by atoms with Crippen LogP contribution in [0.5, 0.6) is 0 Å². The molecule has 0 aliphatic heterocycles. The van der Waals surface area contributed by atoms with Crippen LogP contribution in [0.4, 0.5) is 0 Å². The molecule has 0 spiro atoms. The first-order valence-electron chi connectivity index (χ1n) is 27.3. The van der Waals surface area contributed by atoms with Crippen molar-refractivity contribution < 1.29 is 19.8 Å². The summed E-state index contributed by atoms with van der Waals surface area (Å²) >= 11 is 0. The summed E-state index contributed by atoms with van der Waals surface area (Å²) < 4.78 is 0. The van der Waals surface area contributed by atoms with Crippen LogP contribution < -0.4 is 0 Å². The highest BCUT2D eigenvalue weighted by molar-refractivity contribution is 5.91. The van der Waals surface area contributed by atoms with Crippen LogP contribution in [0.15, 0.2) is 11.6 Å². The van der Waals surface area contributed by atoms with Crippen LogP contribution in [0.1, 0.15) is 218 Å². The van der Waals surface area contributed by atoms with Gasteiger partial charge in [-0.15, -0.1) is 0 Å². The lowest BCUT2D eigenvalue weighted by Crippen LogP contribution is -2.58. The summed E-state index contributed by atoms with van der Waals surface area (Å²) in [6.07, 6.45) is 26.0. The maximum atomic E-state index is 12.2. The summed E-state index contributed by atoms with van der Waals surface area (Å²) in [4.78, 5) is 24.3. The maximum absolute atomic E-state index is 12.2. The fourth-order valence-electron chi connectivity index (χ4n) is 18.9. The third-order valence-electron chi connectivity index (χ3n) is 22.9. The Morgan fingerprint density at radius 1 is 0.581 bits per heavy atom. The summed E-state index contributed by atoms with van der Waals surface area (Å²) in [5.41, 5.74) is 2.50. The lowest BCUT2D eigenvalue weighted by atomic mass is 9.44. The van der Waals surface area contributed by atoms with Crippen LogP contribution >= 0.6 is 0 Å². The number of rotatable bonds is 12. The number of carbonyl (C=O) groups is 2. The molecule has 0 aromatic carbocycles. The number of Topliss-reactive ketones (excluding diaryl/α,β-unsaturated/α-hetero) is 1. The van der Waals surface area contributed by atoms with Gasteiger partial charge >= 0.3 is 0 Å². The zero-order valence-corrected chi connectivity index (χ0v) is 42.5. The molecule has 4 nitrogen and oxygen atoms in total. The molecule has 2 N–H and O–H groups in total. The number of carbonyl (C=O) groups excluding carboxylic acids is 2. The van der Waals surface area contributed by atoms with Gasteiger partial charge in [-0.05, 0) is 206 Å². The van der Waals surface area contributed by atoms with Gasteiger partial charge in [-0.2, -0.15) is 0 Å². The molecule has 8 aliphatic rings. The van der Waals surface area contributed by atoms with E-state index in [1.165, 1.54) is 95.5 Å². The van der Waals surface area contributed by atoms with Crippen LogP contribution in [-0.4, -0.2) is 34.0 Å². The molecule has 19 atom stereocenters. The van der Waals surface area contributed by atoms with Crippen molar-refractivity contribution in [2.24, 2.45) is 110 Å². The summed E-state index contributed by atoms with van der Waals surface area (Å²) in [6.45, 7) is 29.5. The fraction of sp³-hybridized carbons (Fsp3) is 0.931. The Kier molecular flexibility index (Phi) is 14.9. The number of ketones is 2. The minimum Gasteiger partial charge on any atom is -0.393 e. The zero-order valence-electron chi connectivity index (χ0n) is 42.5. The zero-order chi connectivity index (χ0) is 45.1. The molecule has 0 aromatic heterocycles. The molecule has 62 heavy (non-hydrogen) atoms. The van der Waals surface area contributed by atoms with Gasteiger partial charge < -0.3 is 10.2 Å². The van der Waals surface area contributed by atoms with E-state index >= 15 is 0 Å². The van der Waals surface area contributed by atoms with E-state index in [4.69, 9.17) is 0 Å². The smallest absolute Gasteiger partial charge is 0.155 e. The second kappa shape index (κ2) is 18.9. The molecule has 4 heteroatoms. The molecule has 7 saturated carbocycles. The van der Waals surface area contributed by atoms with E-state index in [9.17, 15) is 19.8 Å². The average molecular weight is 859 g/mol. The molecule has 0 saturated heterocycles. The first kappa shape index (κ1) is 48.9. The number of aliphatic hydroxyl groups excluding tert-OH is 2. The summed E-state index contributed by atoms with van der Waals surface area (Å²) in [7, 11) is 0. The third-order valence-corrected chi connectivity index (χ3v) is 22.9. The molecule has 0 radical (unpaired) electrons. The predicted molar refractivity (Wildman–Crippen MR) is 257 cm³/mol. The Labute approximate surface area is 382 Å². The average Bonchev–Trinajstić information content (AvgIpc) is 3.76. The highest BCUT2D eigenvalue weighted by atomic mass is 16.3. The fourth-order valence-corrected chi connectivity index (χ4v) is 18.9. The van der Waals surface area contributed by atoms with Crippen LogP contribution in [0.2, 0.25) is 0 Å². The molecule has 7 fully saturated rings. The molecular weight excluding hydrogens is 761 g/mol. The van der Waals surface area contributed by atoms with Gasteiger partial charge in [-0.1, -0.05) is 114 Å². The lowest BCUT2D eigenvalue weighted by molar-refractivity contribution is -0.169. The second-order valence-electron chi connectivity index (χ2n) is 26.0. The summed E-state index contributed by atoms with van der Waals surface area (Å²) in [6, 6.07) is 0. The quantitative estimate of drug-likeness (QED) is 0.205. The Morgan fingerprint density at radius 2 is 1.08 bits per heavy atom. The van der Waals surface area contributed by atoms with Gasteiger partial charge in [0.05, 0.1) is 12.2 Å². The SMILES string of the molecule is CC[C@H](CC[C@@H](C)[C@H]1CCC2[C@@H]3C(O)CC4=CC(=O)CC[C@]4(C)C3CC[C@@]21C)C(C)C.CC[C@H](CC[C@@H](C)[C@H]1CCC2[C@@H]3C(O)C[C@@H]4CC(=O)CC[C@]4(C)C3CC[C@@]21C)C(C)C. The van der Waals surface area contributed by atoms with Gasteiger partial charge in [0.15, 0.2) is 5.78 Å². The Morgan fingerprint density at radius 3 is 1.60 bits per heavy atom. The van der Waals surface area contributed by atoms with Crippen molar-refractivity contribution in [2.75, 3.05) is 0 Å². The molecule has 6 unspecified atom stereocenters. The van der Waals surface area contributed by atoms with Gasteiger partial charge in [0.1, 0.15) is 5.78 Å². The van der Waals surface area contributed by atoms with Crippen LogP contribution in [-0.2, 0) is 9.59 Å². The van der Waals surface area contributed by atoms with Crippen molar-refractivity contribution in [3.8, 4) is 0 Å². The van der Waals surface area contributed by atoms with E-state index in [1.54, 1.807) is 0 Å². The van der Waals surface area contributed by atoms with Crippen LogP contribution in [0.25, 0.3) is 0 Å². The standard InChI is InChI=1S/C29H50O2.C29H48O2/c2*1-7-20(18(2)3)9-8-19(4)23-10-11-24-27-25(13-15-29(23,24)6)28(5)14-12-22(30)16-21(28)17-26(27)31/h18-21,23-27,31H,7-17H2,1-6H3;16,18-20,23-27,31H,7-15,17H2,1-6H3/t19-,20-,21+,23-,24?,25?,26?,27+,28+,29-;19-,20-,23-,24?,25?,26?,27+,28+,29-/m11/s1. The van der Waals surface area contributed by atoms with Crippen molar-refractivity contribution >= 4 is 11.6 Å². The number of fused-ring (bicyclic) bond motifs is 10. The molecule has 0 amide bonds. The molecular formula is C58H98O4. The van der Waals surface area contributed by atoms with Gasteiger partial charge in [0.25, 0.3) is 0 Å². The van der Waals surface area contributed by atoms with E-state index in [0.717, 1.165) is 85.9 Å². The third kappa shape index (κ3) is 8.70. The van der Waals surface area contributed by atoms with Crippen LogP contribution in [0, 0.1) is 110 Å². The van der Waals surface area contributed by atoms with Gasteiger partial charge in [-0.3, -0.25) is 9.59 Å². The first-order valence-corrected chi connectivity index (χ1v) is 27.3. The monoisotopic (exact) mass is 859 g/mol. The second-order valence-corrected chi connectivity index (χ2v) is 26.0. The van der Waals surface area contributed by atoms with Crippen molar-refractivity contribution in [1.82, 2.24) is 0 Å². The first-order chi connectivity index (χ1) is 29.2. The van der Waals surface area contributed by atoms with Crippen LogP contribution in [0.3, 0.4) is 0 Å². The van der Waals surface area contributed by atoms with Crippen molar-refractivity contribution in [1.29, 1.82) is 0 Å². The molecule has 0 aromatic rings. The number of hydrogen-bond acceptors (Lipinski definition) is 4. The van der Waals surface area contributed by atoms with E-state index in [2.05, 4.69) is 83.1 Å². The topological polar surface area (TPSA) is 74.6 Å². The van der Waals surface area contributed by atoms with Gasteiger partial charge in [0, 0.05) is 19.3 Å². The molecule has 8 rings (SSSR count). The van der Waals surface area contributed by atoms with E-state index in [-0.39, 0.29) is 28.8 Å². The summed E-state index contributed by atoms with van der Waals surface area (Å²) in [5.74, 6) is 11.2. The summed E-state index contributed by atoms with van der Waals surface area (Å²) in [5, 5.41) is 22.7. The molecule has 354 valence electrons. The normalized spacial score (nSPS) is 45.6. The van der Waals surface area contributed by atoms with E-state index in [1.807, 2.05) is 6.08 Å². The maximum Gasteiger partial charge on any atom is 0.155 e. The van der Waals surface area contributed by atoms with Crippen molar-refractivity contribution in [2.45, 2.75) is 230 Å². The van der Waals surface area contributed by atoms with Gasteiger partial charge in [-0.25, -0.2) is 0 Å². The van der Waals surface area contributed by atoms with Crippen molar-refractivity contribution in [3.05, 3.63) is 11.6 Å². The Bertz CT molecular complexity index is 1590. The Balaban J connectivity index is 0.000000186. The minimum atomic E-state index is -0.251.